The molecule has 3 heteroatoms. The molecule has 15 heavy (non-hydrogen) atoms. The smallest absolute Gasteiger partial charge is 0.266 e. The quantitative estimate of drug-likeness (QED) is 0.687. The Kier molecular flexibility index (Phi) is 2.46. The first kappa shape index (κ1) is 9.77. The highest BCUT2D eigenvalue weighted by Gasteiger charge is 2.11. The van der Waals surface area contributed by atoms with E-state index in [0.717, 1.165) is 5.56 Å². The van der Waals surface area contributed by atoms with Crippen molar-refractivity contribution < 1.29 is 4.79 Å². The first-order chi connectivity index (χ1) is 7.16. The van der Waals surface area contributed by atoms with Crippen LogP contribution in [0.15, 0.2) is 40.6 Å². The molecule has 1 aromatic rings. The number of carbonyl (C=O) groups excluding carboxylic acids is 1. The Morgan fingerprint density at radius 3 is 2.60 bits per heavy atom. The van der Waals surface area contributed by atoms with Gasteiger partial charge < -0.3 is 0 Å². The number of hydrogen-bond donors (Lipinski definition) is 0. The summed E-state index contributed by atoms with van der Waals surface area (Å²) in [7, 11) is 0. The van der Waals surface area contributed by atoms with Crippen LogP contribution in [0.25, 0.3) is 0 Å². The minimum Gasteiger partial charge on any atom is -0.266 e. The maximum atomic E-state index is 10.8. The van der Waals surface area contributed by atoms with Crippen molar-refractivity contribution in [2.75, 3.05) is 0 Å². The lowest BCUT2D eigenvalue weighted by Gasteiger charge is -2.10. The van der Waals surface area contributed by atoms with Gasteiger partial charge >= 0.3 is 0 Å². The molecule has 2 rings (SSSR count). The van der Waals surface area contributed by atoms with Crippen molar-refractivity contribution in [2.24, 2.45) is 10.2 Å². The van der Waals surface area contributed by atoms with Gasteiger partial charge in [-0.1, -0.05) is 18.2 Å². The molecule has 0 saturated heterocycles. The van der Waals surface area contributed by atoms with Crippen molar-refractivity contribution in [3.8, 4) is 0 Å². The summed E-state index contributed by atoms with van der Waals surface area (Å²) in [6, 6.07) is 6.05. The molecule has 1 amide bonds. The highest BCUT2D eigenvalue weighted by Crippen LogP contribution is 2.23. The van der Waals surface area contributed by atoms with Gasteiger partial charge in [0.25, 0.3) is 5.91 Å². The minimum absolute atomic E-state index is 0.109. The van der Waals surface area contributed by atoms with E-state index >= 15 is 0 Å². The Hall–Kier alpha value is -1.77. The number of benzene rings is 1. The molecule has 0 aromatic heterocycles. The Morgan fingerprint density at radius 2 is 2.00 bits per heavy atom. The molecule has 0 fully saturated rings. The second kappa shape index (κ2) is 3.77. The summed E-state index contributed by atoms with van der Waals surface area (Å²) >= 11 is 0. The summed E-state index contributed by atoms with van der Waals surface area (Å²) < 4.78 is 0. The van der Waals surface area contributed by atoms with E-state index in [0.29, 0.717) is 0 Å². The largest absolute Gasteiger partial charge is 0.287 e. The zero-order chi connectivity index (χ0) is 10.8. The molecule has 0 N–H and O–H groups in total. The number of rotatable bonds is 1. The number of hydrogen-bond acceptors (Lipinski definition) is 2. The molecular formula is C12H12N2O. The van der Waals surface area contributed by atoms with E-state index in [9.17, 15) is 4.79 Å². The maximum absolute atomic E-state index is 10.8. The molecule has 0 radical (unpaired) electrons. The summed E-state index contributed by atoms with van der Waals surface area (Å²) in [5, 5.41) is 7.48. The van der Waals surface area contributed by atoms with Crippen LogP contribution >= 0.6 is 0 Å². The predicted octanol–water partition coefficient (Wildman–Crippen LogP) is 2.89. The third kappa shape index (κ3) is 2.01. The monoisotopic (exact) mass is 200 g/mol. The molecule has 3 nitrogen and oxygen atoms in total. The third-order valence-corrected chi connectivity index (χ3v) is 2.57. The predicted molar refractivity (Wildman–Crippen MR) is 57.7 cm³/mol. The fraction of sp³-hybridized carbons (Fsp3) is 0.250. The zero-order valence-corrected chi connectivity index (χ0v) is 8.77. The van der Waals surface area contributed by atoms with Crippen LogP contribution in [0.5, 0.6) is 0 Å². The molecule has 1 aliphatic rings. The number of aryl methyl sites for hydroxylation is 2. The second-order valence-corrected chi connectivity index (χ2v) is 3.70. The van der Waals surface area contributed by atoms with E-state index in [1.54, 1.807) is 6.08 Å². The lowest BCUT2D eigenvalue weighted by atomic mass is 10.0. The van der Waals surface area contributed by atoms with Gasteiger partial charge in [0, 0.05) is 6.08 Å². The SMILES string of the molecule is Cc1ccc(C2C=CC(=O)N=N2)cc1C. The van der Waals surface area contributed by atoms with E-state index in [4.69, 9.17) is 0 Å². The van der Waals surface area contributed by atoms with E-state index in [1.807, 2.05) is 6.07 Å². The molecule has 76 valence electrons. The number of nitrogens with zero attached hydrogens (tertiary/aromatic N) is 2. The average Bonchev–Trinajstić information content (AvgIpc) is 2.23. The molecule has 1 unspecified atom stereocenters. The van der Waals surface area contributed by atoms with E-state index in [2.05, 4.69) is 36.2 Å². The Bertz CT molecular complexity index is 445. The lowest BCUT2D eigenvalue weighted by molar-refractivity contribution is -0.114. The Labute approximate surface area is 88.5 Å². The lowest BCUT2D eigenvalue weighted by Crippen LogP contribution is -1.99. The maximum Gasteiger partial charge on any atom is 0.287 e. The standard InChI is InChI=1S/C12H12N2O/c1-8-3-4-10(7-9(8)2)11-5-6-12(15)14-13-11/h3-7,11H,1-2H3. The molecule has 0 spiro atoms. The molecule has 1 aromatic carbocycles. The summed E-state index contributed by atoms with van der Waals surface area (Å²) in [6.45, 7) is 4.13. The highest BCUT2D eigenvalue weighted by molar-refractivity contribution is 5.88. The van der Waals surface area contributed by atoms with Gasteiger partial charge in [0.2, 0.25) is 0 Å². The normalized spacial score (nSPS) is 19.6. The van der Waals surface area contributed by atoms with E-state index < -0.39 is 0 Å². The van der Waals surface area contributed by atoms with Crippen LogP contribution in [-0.2, 0) is 4.79 Å². The second-order valence-electron chi connectivity index (χ2n) is 3.70. The highest BCUT2D eigenvalue weighted by atomic mass is 16.1. The Balaban J connectivity index is 2.31. The molecule has 0 saturated carbocycles. The van der Waals surface area contributed by atoms with Crippen molar-refractivity contribution >= 4 is 5.91 Å². The van der Waals surface area contributed by atoms with Gasteiger partial charge in [-0.05, 0) is 36.6 Å². The van der Waals surface area contributed by atoms with Crippen molar-refractivity contribution in [3.05, 3.63) is 47.0 Å². The van der Waals surface area contributed by atoms with E-state index in [-0.39, 0.29) is 11.9 Å². The molecule has 0 aliphatic carbocycles. The van der Waals surface area contributed by atoms with Gasteiger partial charge in [-0.2, -0.15) is 5.11 Å². The van der Waals surface area contributed by atoms with Gasteiger partial charge in [0.05, 0.1) is 0 Å². The average molecular weight is 200 g/mol. The van der Waals surface area contributed by atoms with Crippen LogP contribution in [0, 0.1) is 13.8 Å². The fourth-order valence-corrected chi connectivity index (χ4v) is 1.49. The van der Waals surface area contributed by atoms with Crippen LogP contribution < -0.4 is 0 Å². The molecule has 1 heterocycles. The zero-order valence-electron chi connectivity index (χ0n) is 8.77. The van der Waals surface area contributed by atoms with Crippen molar-refractivity contribution in [1.82, 2.24) is 0 Å². The van der Waals surface area contributed by atoms with Crippen molar-refractivity contribution in [1.29, 1.82) is 0 Å². The number of amides is 1. The van der Waals surface area contributed by atoms with Gasteiger partial charge in [0.15, 0.2) is 0 Å². The topological polar surface area (TPSA) is 41.8 Å². The first-order valence-electron chi connectivity index (χ1n) is 4.87. The summed E-state index contributed by atoms with van der Waals surface area (Å²) in [6.07, 6.45) is 3.24. The van der Waals surface area contributed by atoms with Gasteiger partial charge in [-0.25, -0.2) is 0 Å². The van der Waals surface area contributed by atoms with E-state index in [1.165, 1.54) is 17.2 Å². The molecular weight excluding hydrogens is 188 g/mol. The van der Waals surface area contributed by atoms with Crippen LogP contribution in [-0.4, -0.2) is 5.91 Å². The molecule has 1 atom stereocenters. The van der Waals surface area contributed by atoms with Crippen molar-refractivity contribution in [2.45, 2.75) is 19.9 Å². The van der Waals surface area contributed by atoms with Crippen LogP contribution in [0.2, 0.25) is 0 Å². The number of carbonyl (C=O) groups is 1. The van der Waals surface area contributed by atoms with Gasteiger partial charge in [-0.3, -0.25) is 4.79 Å². The summed E-state index contributed by atoms with van der Waals surface area (Å²) in [5.41, 5.74) is 3.56. The van der Waals surface area contributed by atoms with Crippen molar-refractivity contribution in [3.63, 3.8) is 0 Å². The van der Waals surface area contributed by atoms with Crippen LogP contribution in [0.4, 0.5) is 0 Å². The van der Waals surface area contributed by atoms with Crippen LogP contribution in [0.3, 0.4) is 0 Å². The van der Waals surface area contributed by atoms with Gasteiger partial charge in [-0.15, -0.1) is 5.11 Å². The summed E-state index contributed by atoms with van der Waals surface area (Å²) in [4.78, 5) is 10.8. The summed E-state index contributed by atoms with van der Waals surface area (Å²) in [5.74, 6) is -0.282. The fourth-order valence-electron chi connectivity index (χ4n) is 1.49. The van der Waals surface area contributed by atoms with Gasteiger partial charge in [0.1, 0.15) is 6.04 Å². The first-order valence-corrected chi connectivity index (χ1v) is 4.87. The molecule has 0 bridgehead atoms. The Morgan fingerprint density at radius 1 is 1.20 bits per heavy atom. The third-order valence-electron chi connectivity index (χ3n) is 2.57. The molecule has 1 aliphatic heterocycles. The minimum atomic E-state index is -0.282. The van der Waals surface area contributed by atoms with Crippen LogP contribution in [0.1, 0.15) is 22.7 Å². The number of azo groups is 1.